The molecule has 6 nitrogen and oxygen atoms in total. The van der Waals surface area contributed by atoms with Crippen LogP contribution >= 0.6 is 28.1 Å². The zero-order chi connectivity index (χ0) is 16.7. The maximum absolute atomic E-state index is 10.6. The number of nitrogens with one attached hydrogen (secondary N) is 3. The van der Waals surface area contributed by atoms with Crippen LogP contribution < -0.4 is 16.0 Å². The Morgan fingerprint density at radius 1 is 1.13 bits per heavy atom. The van der Waals surface area contributed by atoms with Gasteiger partial charge in [0.05, 0.1) is 4.92 Å². The van der Waals surface area contributed by atoms with Gasteiger partial charge in [-0.3, -0.25) is 10.1 Å². The highest BCUT2D eigenvalue weighted by Gasteiger charge is 2.03. The van der Waals surface area contributed by atoms with Crippen molar-refractivity contribution in [2.75, 3.05) is 23.7 Å². The van der Waals surface area contributed by atoms with Gasteiger partial charge in [0.25, 0.3) is 5.69 Å². The standard InChI is InChI=1S/C15H15BrN4O2S/c16-11-2-1-3-13(10-11)19-15(23)18-9-8-17-12-4-6-14(7-5-12)20(21)22/h1-7,10,17H,8-9H2,(H2,18,19,23). The molecule has 0 radical (unpaired) electrons. The van der Waals surface area contributed by atoms with E-state index >= 15 is 0 Å². The Hall–Kier alpha value is -2.19. The van der Waals surface area contributed by atoms with E-state index in [0.29, 0.717) is 18.2 Å². The summed E-state index contributed by atoms with van der Waals surface area (Å²) in [7, 11) is 0. The maximum Gasteiger partial charge on any atom is 0.269 e. The van der Waals surface area contributed by atoms with Crippen molar-refractivity contribution in [2.45, 2.75) is 0 Å². The Morgan fingerprint density at radius 2 is 1.87 bits per heavy atom. The van der Waals surface area contributed by atoms with Crippen LogP contribution in [-0.2, 0) is 0 Å². The second-order valence-corrected chi connectivity index (χ2v) is 5.95. The molecule has 2 aromatic carbocycles. The van der Waals surface area contributed by atoms with Gasteiger partial charge in [0.15, 0.2) is 5.11 Å². The third-order valence-corrected chi connectivity index (χ3v) is 3.64. The number of anilines is 2. The second-order valence-electron chi connectivity index (χ2n) is 4.62. The van der Waals surface area contributed by atoms with E-state index in [2.05, 4.69) is 31.9 Å². The molecule has 120 valence electrons. The van der Waals surface area contributed by atoms with E-state index in [-0.39, 0.29) is 5.69 Å². The van der Waals surface area contributed by atoms with Crippen LogP contribution in [0.5, 0.6) is 0 Å². The monoisotopic (exact) mass is 394 g/mol. The van der Waals surface area contributed by atoms with Gasteiger partial charge in [-0.1, -0.05) is 22.0 Å². The van der Waals surface area contributed by atoms with Gasteiger partial charge in [-0.25, -0.2) is 0 Å². The van der Waals surface area contributed by atoms with Crippen molar-refractivity contribution >= 4 is 50.3 Å². The molecule has 3 N–H and O–H groups in total. The summed E-state index contributed by atoms with van der Waals surface area (Å²) in [4.78, 5) is 10.2. The summed E-state index contributed by atoms with van der Waals surface area (Å²) in [5.74, 6) is 0. The molecule has 2 rings (SSSR count). The van der Waals surface area contributed by atoms with Crippen molar-refractivity contribution in [3.63, 3.8) is 0 Å². The lowest BCUT2D eigenvalue weighted by Crippen LogP contribution is -2.32. The third-order valence-electron chi connectivity index (χ3n) is 2.90. The molecule has 0 atom stereocenters. The van der Waals surface area contributed by atoms with Crippen molar-refractivity contribution in [3.8, 4) is 0 Å². The number of rotatable bonds is 6. The first-order valence-electron chi connectivity index (χ1n) is 6.83. The minimum Gasteiger partial charge on any atom is -0.383 e. The Balaban J connectivity index is 1.70. The van der Waals surface area contributed by atoms with Crippen LogP contribution in [0.4, 0.5) is 17.1 Å². The number of thiocarbonyl (C=S) groups is 1. The summed E-state index contributed by atoms with van der Waals surface area (Å²) in [6.07, 6.45) is 0. The topological polar surface area (TPSA) is 79.2 Å². The van der Waals surface area contributed by atoms with Crippen molar-refractivity contribution < 1.29 is 4.92 Å². The van der Waals surface area contributed by atoms with Gasteiger partial charge in [-0.15, -0.1) is 0 Å². The molecular weight excluding hydrogens is 380 g/mol. The zero-order valence-corrected chi connectivity index (χ0v) is 14.5. The number of hydrogen-bond donors (Lipinski definition) is 3. The third kappa shape index (κ3) is 5.84. The van der Waals surface area contributed by atoms with Crippen molar-refractivity contribution in [1.82, 2.24) is 5.32 Å². The van der Waals surface area contributed by atoms with Crippen LogP contribution in [0, 0.1) is 10.1 Å². The van der Waals surface area contributed by atoms with Gasteiger partial charge in [-0.2, -0.15) is 0 Å². The largest absolute Gasteiger partial charge is 0.383 e. The minimum atomic E-state index is -0.419. The fourth-order valence-corrected chi connectivity index (χ4v) is 2.44. The van der Waals surface area contributed by atoms with Crippen LogP contribution in [0.2, 0.25) is 0 Å². The first kappa shape index (κ1) is 17.2. The molecule has 0 heterocycles. The predicted molar refractivity (Wildman–Crippen MR) is 100.0 cm³/mol. The molecule has 0 amide bonds. The molecule has 0 spiro atoms. The lowest BCUT2D eigenvalue weighted by Gasteiger charge is -2.11. The molecule has 0 unspecified atom stereocenters. The average Bonchev–Trinajstić information content (AvgIpc) is 2.52. The summed E-state index contributed by atoms with van der Waals surface area (Å²) in [5, 5.41) is 20.4. The summed E-state index contributed by atoms with van der Waals surface area (Å²) < 4.78 is 0.977. The Labute approximate surface area is 147 Å². The van der Waals surface area contributed by atoms with Gasteiger partial charge in [-0.05, 0) is 42.5 Å². The molecule has 0 aliphatic rings. The number of nitrogens with zero attached hydrogens (tertiary/aromatic N) is 1. The van der Waals surface area contributed by atoms with E-state index in [4.69, 9.17) is 12.2 Å². The summed E-state index contributed by atoms with van der Waals surface area (Å²) in [5.41, 5.74) is 1.80. The van der Waals surface area contributed by atoms with Crippen LogP contribution in [-0.4, -0.2) is 23.1 Å². The smallest absolute Gasteiger partial charge is 0.269 e. The highest BCUT2D eigenvalue weighted by Crippen LogP contribution is 2.16. The van der Waals surface area contributed by atoms with E-state index < -0.39 is 4.92 Å². The lowest BCUT2D eigenvalue weighted by molar-refractivity contribution is -0.384. The fourth-order valence-electron chi connectivity index (χ4n) is 1.83. The van der Waals surface area contributed by atoms with E-state index in [1.54, 1.807) is 12.1 Å². The van der Waals surface area contributed by atoms with Gasteiger partial charge >= 0.3 is 0 Å². The number of nitro groups is 1. The molecule has 0 aromatic heterocycles. The first-order valence-corrected chi connectivity index (χ1v) is 8.03. The van der Waals surface area contributed by atoms with E-state index in [9.17, 15) is 10.1 Å². The SMILES string of the molecule is O=[N+]([O-])c1ccc(NCCNC(=S)Nc2cccc(Br)c2)cc1. The maximum atomic E-state index is 10.6. The summed E-state index contributed by atoms with van der Waals surface area (Å²) in [6.45, 7) is 1.26. The highest BCUT2D eigenvalue weighted by atomic mass is 79.9. The molecular formula is C15H15BrN4O2S. The molecule has 0 aliphatic carbocycles. The van der Waals surface area contributed by atoms with E-state index in [1.165, 1.54) is 12.1 Å². The van der Waals surface area contributed by atoms with Crippen molar-refractivity contribution in [1.29, 1.82) is 0 Å². The summed E-state index contributed by atoms with van der Waals surface area (Å²) >= 11 is 8.61. The average molecular weight is 395 g/mol. The molecule has 8 heteroatoms. The second kappa shape index (κ2) is 8.44. The number of nitro benzene ring substituents is 1. The molecule has 0 aliphatic heterocycles. The predicted octanol–water partition coefficient (Wildman–Crippen LogP) is 3.76. The lowest BCUT2D eigenvalue weighted by atomic mass is 10.3. The minimum absolute atomic E-state index is 0.0769. The molecule has 0 saturated carbocycles. The molecule has 0 fully saturated rings. The van der Waals surface area contributed by atoms with Gasteiger partial charge in [0.1, 0.15) is 0 Å². The van der Waals surface area contributed by atoms with Gasteiger partial charge in [0.2, 0.25) is 0 Å². The normalized spacial score (nSPS) is 9.96. The van der Waals surface area contributed by atoms with Gasteiger partial charge < -0.3 is 16.0 Å². The highest BCUT2D eigenvalue weighted by molar-refractivity contribution is 9.10. The molecule has 23 heavy (non-hydrogen) atoms. The number of hydrogen-bond acceptors (Lipinski definition) is 4. The van der Waals surface area contributed by atoms with E-state index in [0.717, 1.165) is 15.8 Å². The Kier molecular flexibility index (Phi) is 6.30. The van der Waals surface area contributed by atoms with Crippen molar-refractivity contribution in [2.24, 2.45) is 0 Å². The number of benzene rings is 2. The number of non-ortho nitro benzene ring substituents is 1. The van der Waals surface area contributed by atoms with Crippen LogP contribution in [0.3, 0.4) is 0 Å². The fraction of sp³-hybridized carbons (Fsp3) is 0.133. The summed E-state index contributed by atoms with van der Waals surface area (Å²) in [6, 6.07) is 14.0. The van der Waals surface area contributed by atoms with Crippen LogP contribution in [0.1, 0.15) is 0 Å². The Morgan fingerprint density at radius 3 is 2.52 bits per heavy atom. The molecule has 0 bridgehead atoms. The van der Waals surface area contributed by atoms with Gasteiger partial charge in [0, 0.05) is 41.1 Å². The quantitative estimate of drug-likeness (QED) is 0.299. The van der Waals surface area contributed by atoms with Crippen LogP contribution in [0.25, 0.3) is 0 Å². The number of halogens is 1. The molecule has 2 aromatic rings. The first-order chi connectivity index (χ1) is 11.0. The van der Waals surface area contributed by atoms with Crippen LogP contribution in [0.15, 0.2) is 53.0 Å². The Bertz CT molecular complexity index is 694. The van der Waals surface area contributed by atoms with E-state index in [1.807, 2.05) is 24.3 Å². The molecule has 0 saturated heterocycles. The zero-order valence-electron chi connectivity index (χ0n) is 12.1. The van der Waals surface area contributed by atoms with Crippen molar-refractivity contribution in [3.05, 3.63) is 63.1 Å².